The lowest BCUT2D eigenvalue weighted by atomic mass is 9.86. The van der Waals surface area contributed by atoms with Crippen LogP contribution in [0.1, 0.15) is 38.2 Å². The molecule has 1 N–H and O–H groups in total. The first-order chi connectivity index (χ1) is 14.4. The average molecular weight is 466 g/mol. The number of hydrazone groups is 1. The third kappa shape index (κ3) is 4.30. The highest BCUT2D eigenvalue weighted by molar-refractivity contribution is 6.40. The monoisotopic (exact) mass is 464 g/mol. The minimum Gasteiger partial charge on any atom is -0.284 e. The Kier molecular flexibility index (Phi) is 6.26. The summed E-state index contributed by atoms with van der Waals surface area (Å²) >= 11 is 18.7. The molecule has 2 aliphatic rings. The van der Waals surface area contributed by atoms with Crippen LogP contribution >= 0.6 is 34.8 Å². The van der Waals surface area contributed by atoms with Gasteiger partial charge in [0, 0.05) is 29.6 Å². The molecule has 1 saturated heterocycles. The molecule has 5 nitrogen and oxygen atoms in total. The summed E-state index contributed by atoms with van der Waals surface area (Å²) in [5.74, 6) is -0.176. The molecule has 0 radical (unpaired) electrons. The molecular weight excluding hydrogens is 443 g/mol. The molecule has 2 aliphatic heterocycles. The van der Waals surface area contributed by atoms with Crippen molar-refractivity contribution in [3.05, 3.63) is 63.1 Å². The third-order valence-electron chi connectivity index (χ3n) is 5.68. The average Bonchev–Trinajstić information content (AvgIpc) is 3.08. The number of anilines is 1. The predicted octanol–water partition coefficient (Wildman–Crippen LogP) is 5.65. The summed E-state index contributed by atoms with van der Waals surface area (Å²) in [6.07, 6.45) is 3.81. The van der Waals surface area contributed by atoms with Gasteiger partial charge in [0.1, 0.15) is 5.71 Å². The molecule has 0 aliphatic carbocycles. The normalized spacial score (nSPS) is 22.1. The second-order valence-corrected chi connectivity index (χ2v) is 9.18. The smallest absolute Gasteiger partial charge is 0.281 e. The van der Waals surface area contributed by atoms with E-state index in [4.69, 9.17) is 39.9 Å². The quantitative estimate of drug-likeness (QED) is 0.635. The topological polar surface area (TPSA) is 47.9 Å². The summed E-state index contributed by atoms with van der Waals surface area (Å²) in [4.78, 5) is 13.0. The van der Waals surface area contributed by atoms with Crippen LogP contribution in [0.3, 0.4) is 0 Å². The van der Waals surface area contributed by atoms with Gasteiger partial charge in [-0.2, -0.15) is 5.10 Å². The largest absolute Gasteiger partial charge is 0.284 e. The molecule has 1 atom stereocenters. The maximum Gasteiger partial charge on any atom is 0.281 e. The first kappa shape index (κ1) is 21.4. The van der Waals surface area contributed by atoms with Crippen LogP contribution in [0.4, 0.5) is 5.69 Å². The number of hydrogen-bond acceptors (Lipinski definition) is 4. The van der Waals surface area contributed by atoms with Gasteiger partial charge in [-0.25, -0.2) is 5.01 Å². The molecule has 2 aromatic rings. The van der Waals surface area contributed by atoms with Crippen molar-refractivity contribution in [3.8, 4) is 0 Å². The van der Waals surface area contributed by atoms with Crippen molar-refractivity contribution < 1.29 is 4.79 Å². The maximum absolute atomic E-state index is 13.0. The van der Waals surface area contributed by atoms with Crippen LogP contribution in [0, 0.1) is 0 Å². The van der Waals surface area contributed by atoms with Crippen LogP contribution in [-0.4, -0.2) is 29.7 Å². The van der Waals surface area contributed by atoms with Gasteiger partial charge < -0.3 is 0 Å². The number of halogens is 3. The molecule has 0 spiro atoms. The van der Waals surface area contributed by atoms with E-state index < -0.39 is 5.54 Å². The van der Waals surface area contributed by atoms with E-state index in [0.29, 0.717) is 32.9 Å². The van der Waals surface area contributed by atoms with Crippen LogP contribution in [0.5, 0.6) is 0 Å². The number of benzene rings is 2. The number of hydrogen-bond donors (Lipinski definition) is 1. The minimum atomic E-state index is -0.601. The Labute approximate surface area is 191 Å². The van der Waals surface area contributed by atoms with E-state index in [1.54, 1.807) is 12.1 Å². The predicted molar refractivity (Wildman–Crippen MR) is 123 cm³/mol. The number of nitrogens with one attached hydrogen (secondary N) is 1. The van der Waals surface area contributed by atoms with Crippen LogP contribution < -0.4 is 10.4 Å². The van der Waals surface area contributed by atoms with E-state index in [0.717, 1.165) is 31.5 Å². The maximum atomic E-state index is 13.0. The van der Waals surface area contributed by atoms with Crippen LogP contribution in [0.15, 0.2) is 47.6 Å². The zero-order valence-electron chi connectivity index (χ0n) is 16.7. The zero-order valence-corrected chi connectivity index (χ0v) is 18.9. The second-order valence-electron chi connectivity index (χ2n) is 7.90. The van der Waals surface area contributed by atoms with Crippen molar-refractivity contribution >= 4 is 52.1 Å². The van der Waals surface area contributed by atoms with E-state index in [-0.39, 0.29) is 5.91 Å². The van der Waals surface area contributed by atoms with Crippen molar-refractivity contribution in [2.75, 3.05) is 18.1 Å². The highest BCUT2D eigenvalue weighted by Gasteiger charge is 2.43. The first-order valence-corrected chi connectivity index (χ1v) is 11.1. The molecule has 1 fully saturated rings. The Morgan fingerprint density at radius 2 is 1.67 bits per heavy atom. The molecule has 30 heavy (non-hydrogen) atoms. The summed E-state index contributed by atoms with van der Waals surface area (Å²) in [6.45, 7) is 3.77. The van der Waals surface area contributed by atoms with Crippen LogP contribution in [0.25, 0.3) is 0 Å². The summed E-state index contributed by atoms with van der Waals surface area (Å²) in [5, 5.41) is 10.2. The summed E-state index contributed by atoms with van der Waals surface area (Å²) in [6, 6.07) is 12.9. The van der Waals surface area contributed by atoms with E-state index in [9.17, 15) is 4.79 Å². The Morgan fingerprint density at radius 1 is 1.00 bits per heavy atom. The van der Waals surface area contributed by atoms with Crippen LogP contribution in [-0.2, 0) is 10.3 Å². The Bertz CT molecular complexity index is 973. The Hall–Kier alpha value is -1.79. The lowest BCUT2D eigenvalue weighted by molar-refractivity contribution is -0.119. The third-order valence-corrected chi connectivity index (χ3v) is 6.47. The van der Waals surface area contributed by atoms with Crippen molar-refractivity contribution in [3.63, 3.8) is 0 Å². The Morgan fingerprint density at radius 3 is 2.33 bits per heavy atom. The first-order valence-electron chi connectivity index (χ1n) is 10.0. The van der Waals surface area contributed by atoms with Crippen molar-refractivity contribution in [2.45, 2.75) is 38.1 Å². The van der Waals surface area contributed by atoms with E-state index in [2.05, 4.69) is 5.43 Å². The number of carbonyl (C=O) groups is 1. The van der Waals surface area contributed by atoms with Gasteiger partial charge >= 0.3 is 0 Å². The SMILES string of the molecule is CC1(c2ccc(Cl)cc2)CC(C(=O)NN2CCCCC2)=NN1c1ccc(Cl)cc1Cl. The molecule has 1 unspecified atom stereocenters. The molecular formula is C22H23Cl3N4O. The number of carbonyl (C=O) groups excluding carboxylic acids is 1. The van der Waals surface area contributed by atoms with E-state index >= 15 is 0 Å². The number of piperidine rings is 1. The van der Waals surface area contributed by atoms with E-state index in [1.165, 1.54) is 6.42 Å². The van der Waals surface area contributed by atoms with Gasteiger partial charge in [0.05, 0.1) is 16.2 Å². The standard InChI is InChI=1S/C22H23Cl3N4O/c1-22(15-5-7-16(23)8-6-15)14-19(21(30)27-28-11-3-2-4-12-28)26-29(22)20-10-9-17(24)13-18(20)25/h5-10,13H,2-4,11-12,14H2,1H3,(H,27,30). The highest BCUT2D eigenvalue weighted by atomic mass is 35.5. The molecule has 0 saturated carbocycles. The van der Waals surface area contributed by atoms with Gasteiger partial charge in [0.25, 0.3) is 5.91 Å². The molecule has 8 heteroatoms. The van der Waals surface area contributed by atoms with Gasteiger partial charge in [0.15, 0.2) is 0 Å². The van der Waals surface area contributed by atoms with E-state index in [1.807, 2.05) is 47.3 Å². The Balaban J connectivity index is 1.69. The van der Waals surface area contributed by atoms with Gasteiger partial charge in [0.2, 0.25) is 0 Å². The number of rotatable bonds is 4. The lowest BCUT2D eigenvalue weighted by Gasteiger charge is -2.35. The lowest BCUT2D eigenvalue weighted by Crippen LogP contribution is -2.47. The van der Waals surface area contributed by atoms with Gasteiger partial charge in [-0.05, 0) is 55.7 Å². The number of nitrogens with zero attached hydrogens (tertiary/aromatic N) is 3. The molecule has 0 bridgehead atoms. The van der Waals surface area contributed by atoms with Crippen LogP contribution in [0.2, 0.25) is 15.1 Å². The van der Waals surface area contributed by atoms with Crippen molar-refractivity contribution in [1.29, 1.82) is 0 Å². The summed E-state index contributed by atoms with van der Waals surface area (Å²) in [7, 11) is 0. The fraction of sp³-hybridized carbons (Fsp3) is 0.364. The van der Waals surface area contributed by atoms with Gasteiger partial charge in [-0.1, -0.05) is 53.4 Å². The molecule has 2 heterocycles. The second kappa shape index (κ2) is 8.75. The fourth-order valence-electron chi connectivity index (χ4n) is 4.01. The van der Waals surface area contributed by atoms with Gasteiger partial charge in [-0.3, -0.25) is 15.2 Å². The fourth-order valence-corrected chi connectivity index (χ4v) is 4.63. The molecule has 158 valence electrons. The zero-order chi connectivity index (χ0) is 21.3. The number of hydrazine groups is 1. The highest BCUT2D eigenvalue weighted by Crippen LogP contribution is 2.44. The van der Waals surface area contributed by atoms with Crippen molar-refractivity contribution in [1.82, 2.24) is 10.4 Å². The summed E-state index contributed by atoms with van der Waals surface area (Å²) < 4.78 is 0. The minimum absolute atomic E-state index is 0.176. The molecule has 1 amide bonds. The summed E-state index contributed by atoms with van der Waals surface area (Å²) in [5.41, 5.74) is 4.56. The number of amides is 1. The molecule has 4 rings (SSSR count). The molecule has 2 aromatic carbocycles. The molecule has 0 aromatic heterocycles. The van der Waals surface area contributed by atoms with Crippen molar-refractivity contribution in [2.24, 2.45) is 5.10 Å². The van der Waals surface area contributed by atoms with Gasteiger partial charge in [-0.15, -0.1) is 0 Å².